The number of carbonyl (C=O) groups is 2. The number of aromatic nitrogens is 2. The summed E-state index contributed by atoms with van der Waals surface area (Å²) < 4.78 is 1.77. The average molecular weight is 400 g/mol. The van der Waals surface area contributed by atoms with E-state index in [1.165, 1.54) is 11.3 Å². The Morgan fingerprint density at radius 2 is 2.15 bits per heavy atom. The maximum atomic E-state index is 12.5. The fourth-order valence-electron chi connectivity index (χ4n) is 3.08. The first-order valence-electron chi connectivity index (χ1n) is 8.51. The van der Waals surface area contributed by atoms with E-state index in [2.05, 4.69) is 15.7 Å². The number of nitrogens with one attached hydrogen (secondary N) is 2. The standard InChI is InChI=1S/C17H25N5O2S.ClH/c1-9-12-7-13(25-16(12)22(4)21-9)15(24)19-10(2)14(23)20-17(3,8-18)11-5-6-11;/h7,10-11H,5-6,8,18H2,1-4H3,(H,19,24)(H,20,23);1H. The van der Waals surface area contributed by atoms with Gasteiger partial charge in [-0.05, 0) is 45.6 Å². The summed E-state index contributed by atoms with van der Waals surface area (Å²) in [7, 11) is 1.86. The number of thiophene rings is 1. The number of aryl methyl sites for hydroxylation is 2. The van der Waals surface area contributed by atoms with E-state index in [4.69, 9.17) is 5.73 Å². The molecule has 1 aliphatic rings. The molecule has 1 aliphatic carbocycles. The first kappa shape index (κ1) is 20.7. The summed E-state index contributed by atoms with van der Waals surface area (Å²) in [6.07, 6.45) is 2.17. The van der Waals surface area contributed by atoms with E-state index in [9.17, 15) is 9.59 Å². The summed E-state index contributed by atoms with van der Waals surface area (Å²) in [5.41, 5.74) is 6.34. The first-order valence-corrected chi connectivity index (χ1v) is 9.33. The topological polar surface area (TPSA) is 102 Å². The Bertz CT molecular complexity index is 794. The van der Waals surface area contributed by atoms with Crippen LogP contribution < -0.4 is 16.4 Å². The quantitative estimate of drug-likeness (QED) is 0.688. The number of hydrogen-bond acceptors (Lipinski definition) is 5. The highest BCUT2D eigenvalue weighted by atomic mass is 35.5. The van der Waals surface area contributed by atoms with Crippen LogP contribution in [0.4, 0.5) is 0 Å². The summed E-state index contributed by atoms with van der Waals surface area (Å²) in [5, 5.41) is 11.1. The normalized spacial score (nSPS) is 17.3. The van der Waals surface area contributed by atoms with Crippen LogP contribution in [-0.2, 0) is 11.8 Å². The second kappa shape index (κ2) is 7.54. The number of nitrogens with two attached hydrogens (primary N) is 1. The van der Waals surface area contributed by atoms with Crippen LogP contribution in [0.2, 0.25) is 0 Å². The third-order valence-corrected chi connectivity index (χ3v) is 6.17. The molecule has 0 radical (unpaired) electrons. The molecule has 144 valence electrons. The molecule has 1 saturated carbocycles. The molecule has 2 atom stereocenters. The molecule has 1 fully saturated rings. The third kappa shape index (κ3) is 3.87. The summed E-state index contributed by atoms with van der Waals surface area (Å²) in [5.74, 6) is -0.0151. The second-order valence-electron chi connectivity index (χ2n) is 7.12. The van der Waals surface area contributed by atoms with Crippen LogP contribution in [-0.4, -0.2) is 39.7 Å². The monoisotopic (exact) mass is 399 g/mol. The van der Waals surface area contributed by atoms with E-state index in [0.29, 0.717) is 17.3 Å². The zero-order chi connectivity index (χ0) is 18.4. The van der Waals surface area contributed by atoms with Crippen LogP contribution in [0.1, 0.15) is 42.1 Å². The summed E-state index contributed by atoms with van der Waals surface area (Å²) in [6, 6.07) is 1.21. The molecule has 0 spiro atoms. The number of carbonyl (C=O) groups excluding carboxylic acids is 2. The lowest BCUT2D eigenvalue weighted by Crippen LogP contribution is -2.57. The minimum atomic E-state index is -0.624. The fraction of sp³-hybridized carbons (Fsp3) is 0.588. The molecule has 3 rings (SSSR count). The smallest absolute Gasteiger partial charge is 0.262 e. The van der Waals surface area contributed by atoms with Crippen molar-refractivity contribution in [2.45, 2.75) is 45.2 Å². The highest BCUT2D eigenvalue weighted by Gasteiger charge is 2.42. The van der Waals surface area contributed by atoms with Gasteiger partial charge in [-0.15, -0.1) is 23.7 Å². The van der Waals surface area contributed by atoms with Crippen LogP contribution in [0.25, 0.3) is 10.2 Å². The second-order valence-corrected chi connectivity index (χ2v) is 8.15. The zero-order valence-electron chi connectivity index (χ0n) is 15.5. The molecular weight excluding hydrogens is 374 g/mol. The molecule has 2 amide bonds. The fourth-order valence-corrected chi connectivity index (χ4v) is 4.11. The van der Waals surface area contributed by atoms with Gasteiger partial charge in [-0.2, -0.15) is 5.10 Å². The van der Waals surface area contributed by atoms with Gasteiger partial charge in [-0.3, -0.25) is 14.3 Å². The van der Waals surface area contributed by atoms with Crippen molar-refractivity contribution < 1.29 is 9.59 Å². The lowest BCUT2D eigenvalue weighted by molar-refractivity contribution is -0.124. The Kier molecular flexibility index (Phi) is 5.99. The number of fused-ring (bicyclic) bond motifs is 1. The molecule has 2 aromatic heterocycles. The maximum Gasteiger partial charge on any atom is 0.262 e. The van der Waals surface area contributed by atoms with E-state index >= 15 is 0 Å². The van der Waals surface area contributed by atoms with Crippen LogP contribution >= 0.6 is 23.7 Å². The molecule has 2 heterocycles. The van der Waals surface area contributed by atoms with Gasteiger partial charge in [-0.25, -0.2) is 0 Å². The van der Waals surface area contributed by atoms with Crippen molar-refractivity contribution >= 4 is 45.8 Å². The lowest BCUT2D eigenvalue weighted by Gasteiger charge is -2.31. The van der Waals surface area contributed by atoms with Gasteiger partial charge in [0.05, 0.1) is 16.1 Å². The molecule has 7 nitrogen and oxygen atoms in total. The highest BCUT2D eigenvalue weighted by molar-refractivity contribution is 7.20. The maximum absolute atomic E-state index is 12.5. The molecule has 4 N–H and O–H groups in total. The van der Waals surface area contributed by atoms with Gasteiger partial charge in [0.2, 0.25) is 5.91 Å². The lowest BCUT2D eigenvalue weighted by atomic mass is 9.95. The summed E-state index contributed by atoms with van der Waals surface area (Å²) >= 11 is 1.38. The van der Waals surface area contributed by atoms with E-state index < -0.39 is 11.6 Å². The van der Waals surface area contributed by atoms with Crippen molar-refractivity contribution in [1.29, 1.82) is 0 Å². The molecule has 2 aromatic rings. The van der Waals surface area contributed by atoms with Crippen molar-refractivity contribution in [3.8, 4) is 0 Å². The first-order chi connectivity index (χ1) is 11.7. The van der Waals surface area contributed by atoms with Crippen LogP contribution in [0.3, 0.4) is 0 Å². The third-order valence-electron chi connectivity index (χ3n) is 4.97. The Morgan fingerprint density at radius 1 is 1.50 bits per heavy atom. The van der Waals surface area contributed by atoms with Crippen LogP contribution in [0.15, 0.2) is 6.07 Å². The van der Waals surface area contributed by atoms with E-state index in [1.807, 2.05) is 27.0 Å². The Morgan fingerprint density at radius 3 is 2.69 bits per heavy atom. The van der Waals surface area contributed by atoms with Crippen molar-refractivity contribution in [3.63, 3.8) is 0 Å². The van der Waals surface area contributed by atoms with Gasteiger partial charge in [0.15, 0.2) is 0 Å². The molecular formula is C17H26ClN5O2S. The van der Waals surface area contributed by atoms with Crippen LogP contribution in [0, 0.1) is 12.8 Å². The molecule has 0 bridgehead atoms. The molecule has 0 saturated heterocycles. The number of amides is 2. The van der Waals surface area contributed by atoms with E-state index in [1.54, 1.807) is 11.6 Å². The number of halogens is 1. The van der Waals surface area contributed by atoms with Gasteiger partial charge in [0.25, 0.3) is 5.91 Å². The number of rotatable bonds is 6. The molecule has 2 unspecified atom stereocenters. The predicted molar refractivity (Wildman–Crippen MR) is 106 cm³/mol. The molecule has 9 heteroatoms. The van der Waals surface area contributed by atoms with Gasteiger partial charge in [0, 0.05) is 19.0 Å². The van der Waals surface area contributed by atoms with Crippen molar-refractivity contribution in [2.75, 3.05) is 6.54 Å². The number of hydrogen-bond donors (Lipinski definition) is 3. The molecule has 0 aliphatic heterocycles. The Balaban J connectivity index is 0.00000243. The zero-order valence-corrected chi connectivity index (χ0v) is 17.1. The Hall–Kier alpha value is -1.64. The van der Waals surface area contributed by atoms with Crippen molar-refractivity contribution in [3.05, 3.63) is 16.6 Å². The Labute approximate surface area is 163 Å². The largest absolute Gasteiger partial charge is 0.348 e. The van der Waals surface area contributed by atoms with Gasteiger partial charge < -0.3 is 16.4 Å². The van der Waals surface area contributed by atoms with Gasteiger partial charge >= 0.3 is 0 Å². The van der Waals surface area contributed by atoms with E-state index in [-0.39, 0.29) is 24.2 Å². The highest BCUT2D eigenvalue weighted by Crippen LogP contribution is 2.39. The molecule has 0 aromatic carbocycles. The molecule has 26 heavy (non-hydrogen) atoms. The van der Waals surface area contributed by atoms with Crippen molar-refractivity contribution in [1.82, 2.24) is 20.4 Å². The van der Waals surface area contributed by atoms with E-state index in [0.717, 1.165) is 28.8 Å². The van der Waals surface area contributed by atoms with Crippen molar-refractivity contribution in [2.24, 2.45) is 18.7 Å². The average Bonchev–Trinajstić information content (AvgIpc) is 3.26. The summed E-state index contributed by atoms with van der Waals surface area (Å²) in [4.78, 5) is 26.5. The predicted octanol–water partition coefficient (Wildman–Crippen LogP) is 1.73. The van der Waals surface area contributed by atoms with Crippen LogP contribution in [0.5, 0.6) is 0 Å². The number of nitrogens with zero attached hydrogens (tertiary/aromatic N) is 2. The minimum absolute atomic E-state index is 0. The SMILES string of the molecule is Cc1nn(C)c2sc(C(=O)NC(C)C(=O)NC(C)(CN)C3CC3)cc12.Cl. The van der Waals surface area contributed by atoms with Gasteiger partial charge in [0.1, 0.15) is 10.9 Å². The van der Waals surface area contributed by atoms with Gasteiger partial charge in [-0.1, -0.05) is 0 Å². The minimum Gasteiger partial charge on any atom is -0.348 e. The summed E-state index contributed by atoms with van der Waals surface area (Å²) in [6.45, 7) is 5.97.